The van der Waals surface area contributed by atoms with Crippen molar-refractivity contribution in [2.24, 2.45) is 4.99 Å². The highest BCUT2D eigenvalue weighted by atomic mass is 32.2. The molecule has 1 unspecified atom stereocenters. The van der Waals surface area contributed by atoms with E-state index in [9.17, 15) is 9.59 Å². The molecule has 6 heteroatoms. The van der Waals surface area contributed by atoms with E-state index in [-0.39, 0.29) is 12.3 Å². The van der Waals surface area contributed by atoms with E-state index in [0.717, 1.165) is 10.6 Å². The van der Waals surface area contributed by atoms with E-state index in [2.05, 4.69) is 10.3 Å². The van der Waals surface area contributed by atoms with E-state index in [0.29, 0.717) is 5.75 Å². The average molecular weight is 306 g/mol. The van der Waals surface area contributed by atoms with Crippen molar-refractivity contribution in [3.05, 3.63) is 35.9 Å². The predicted octanol–water partition coefficient (Wildman–Crippen LogP) is 1.92. The Bertz CT molecular complexity index is 570. The van der Waals surface area contributed by atoms with Gasteiger partial charge in [0.1, 0.15) is 6.04 Å². The second kappa shape index (κ2) is 6.30. The second-order valence-corrected chi connectivity index (χ2v) is 6.58. The molecule has 112 valence electrons. The number of nitrogens with zero attached hydrogens (tertiary/aromatic N) is 1. The van der Waals surface area contributed by atoms with Crippen molar-refractivity contribution in [1.82, 2.24) is 5.32 Å². The van der Waals surface area contributed by atoms with Crippen LogP contribution in [0, 0.1) is 0 Å². The van der Waals surface area contributed by atoms with E-state index in [1.807, 2.05) is 30.3 Å². The molecule has 5 nitrogen and oxygen atoms in total. The maximum absolute atomic E-state index is 12.2. The second-order valence-electron chi connectivity index (χ2n) is 5.57. The number of rotatable bonds is 5. The van der Waals surface area contributed by atoms with E-state index in [1.54, 1.807) is 25.6 Å². The van der Waals surface area contributed by atoms with Gasteiger partial charge in [-0.25, -0.2) is 0 Å². The van der Waals surface area contributed by atoms with Crippen molar-refractivity contribution in [2.75, 3.05) is 5.75 Å². The van der Waals surface area contributed by atoms with Crippen LogP contribution in [0.2, 0.25) is 0 Å². The van der Waals surface area contributed by atoms with Crippen LogP contribution in [0.3, 0.4) is 0 Å². The van der Waals surface area contributed by atoms with Gasteiger partial charge in [-0.15, -0.1) is 11.8 Å². The molecule has 21 heavy (non-hydrogen) atoms. The summed E-state index contributed by atoms with van der Waals surface area (Å²) >= 11 is 1.54. The van der Waals surface area contributed by atoms with Crippen molar-refractivity contribution in [3.63, 3.8) is 0 Å². The van der Waals surface area contributed by atoms with Gasteiger partial charge in [-0.05, 0) is 13.8 Å². The number of hydrogen-bond acceptors (Lipinski definition) is 4. The summed E-state index contributed by atoms with van der Waals surface area (Å²) in [7, 11) is 0. The van der Waals surface area contributed by atoms with Gasteiger partial charge in [0.2, 0.25) is 5.91 Å². The van der Waals surface area contributed by atoms with Gasteiger partial charge in [0.15, 0.2) is 0 Å². The number of carbonyl (C=O) groups is 2. The van der Waals surface area contributed by atoms with Gasteiger partial charge >= 0.3 is 5.97 Å². The number of amides is 1. The Labute approximate surface area is 127 Å². The lowest BCUT2D eigenvalue weighted by atomic mass is 10.0. The fourth-order valence-corrected chi connectivity index (χ4v) is 3.13. The number of thioether (sulfide) groups is 1. The van der Waals surface area contributed by atoms with Crippen molar-refractivity contribution in [1.29, 1.82) is 0 Å². The minimum absolute atomic E-state index is 0.117. The van der Waals surface area contributed by atoms with Crippen molar-refractivity contribution < 1.29 is 14.7 Å². The van der Waals surface area contributed by atoms with Gasteiger partial charge in [0.25, 0.3) is 0 Å². The molecule has 0 saturated heterocycles. The van der Waals surface area contributed by atoms with Crippen LogP contribution < -0.4 is 5.32 Å². The molecule has 2 rings (SSSR count). The van der Waals surface area contributed by atoms with Crippen LogP contribution in [-0.4, -0.2) is 39.4 Å². The Hall–Kier alpha value is -1.82. The lowest BCUT2D eigenvalue weighted by Gasteiger charge is -2.25. The largest absolute Gasteiger partial charge is 0.481 e. The minimum Gasteiger partial charge on any atom is -0.481 e. The van der Waals surface area contributed by atoms with Crippen LogP contribution in [-0.2, 0) is 9.59 Å². The molecule has 0 bridgehead atoms. The van der Waals surface area contributed by atoms with E-state index < -0.39 is 17.6 Å². The Kier molecular flexibility index (Phi) is 4.67. The Morgan fingerprint density at radius 2 is 2.05 bits per heavy atom. The summed E-state index contributed by atoms with van der Waals surface area (Å²) in [5.41, 5.74) is 0.223. The molecule has 1 aromatic rings. The molecule has 2 N–H and O–H groups in total. The highest BCUT2D eigenvalue weighted by Crippen LogP contribution is 2.24. The first kappa shape index (κ1) is 15.6. The van der Waals surface area contributed by atoms with Crippen LogP contribution in [0.25, 0.3) is 0 Å². The summed E-state index contributed by atoms with van der Waals surface area (Å²) < 4.78 is 0. The molecule has 1 atom stereocenters. The molecule has 0 fully saturated rings. The molecule has 1 aromatic carbocycles. The van der Waals surface area contributed by atoms with Gasteiger partial charge in [-0.1, -0.05) is 30.3 Å². The maximum Gasteiger partial charge on any atom is 0.305 e. The normalized spacial score (nSPS) is 18.2. The Morgan fingerprint density at radius 1 is 1.38 bits per heavy atom. The molecular formula is C15H18N2O3S. The highest BCUT2D eigenvalue weighted by molar-refractivity contribution is 8.14. The smallest absolute Gasteiger partial charge is 0.305 e. The van der Waals surface area contributed by atoms with Crippen LogP contribution in [0.1, 0.15) is 25.8 Å². The van der Waals surface area contributed by atoms with E-state index in [4.69, 9.17) is 5.11 Å². The summed E-state index contributed by atoms with van der Waals surface area (Å²) in [4.78, 5) is 27.4. The van der Waals surface area contributed by atoms with Crippen LogP contribution >= 0.6 is 11.8 Å². The Morgan fingerprint density at radius 3 is 2.67 bits per heavy atom. The van der Waals surface area contributed by atoms with E-state index >= 15 is 0 Å². The summed E-state index contributed by atoms with van der Waals surface area (Å²) in [6.45, 7) is 3.39. The Balaban J connectivity index is 2.02. The van der Waals surface area contributed by atoms with Crippen LogP contribution in [0.5, 0.6) is 0 Å². The van der Waals surface area contributed by atoms with Crippen molar-refractivity contribution in [2.45, 2.75) is 31.8 Å². The summed E-state index contributed by atoms with van der Waals surface area (Å²) in [6.07, 6.45) is -0.117. The summed E-state index contributed by atoms with van der Waals surface area (Å²) in [5, 5.41) is 12.4. The highest BCUT2D eigenvalue weighted by Gasteiger charge is 2.30. The number of nitrogens with one attached hydrogen (secondary N) is 1. The van der Waals surface area contributed by atoms with E-state index in [1.165, 1.54) is 0 Å². The molecule has 0 spiro atoms. The third kappa shape index (κ3) is 4.32. The quantitative estimate of drug-likeness (QED) is 0.871. The first-order valence-electron chi connectivity index (χ1n) is 6.67. The summed E-state index contributed by atoms with van der Waals surface area (Å²) in [5.74, 6) is -0.576. The number of benzene rings is 1. The fraction of sp³-hybridized carbons (Fsp3) is 0.400. The van der Waals surface area contributed by atoms with Gasteiger partial charge < -0.3 is 10.4 Å². The average Bonchev–Trinajstić information content (AvgIpc) is 2.87. The third-order valence-electron chi connectivity index (χ3n) is 3.03. The molecule has 1 heterocycles. The number of aliphatic carboxylic acids is 1. The van der Waals surface area contributed by atoms with Crippen LogP contribution in [0.15, 0.2) is 35.3 Å². The molecule has 1 amide bonds. The zero-order valence-electron chi connectivity index (χ0n) is 12.0. The number of aliphatic imine (C=N–C) groups is 1. The number of carboxylic acids is 1. The molecule has 0 aliphatic carbocycles. The van der Waals surface area contributed by atoms with Crippen LogP contribution in [0.4, 0.5) is 0 Å². The standard InChI is InChI=1S/C15H18N2O3S/c1-15(2,8-12(18)19)17-13(20)11-9-21-14(16-11)10-6-4-3-5-7-10/h3-7,11H,8-9H2,1-2H3,(H,17,20)(H,18,19). The molecule has 0 saturated carbocycles. The maximum atomic E-state index is 12.2. The fourth-order valence-electron chi connectivity index (χ4n) is 2.09. The molecule has 0 radical (unpaired) electrons. The number of carbonyl (C=O) groups excluding carboxylic acids is 1. The first-order chi connectivity index (χ1) is 9.87. The SMILES string of the molecule is CC(C)(CC(=O)O)NC(=O)C1CSC(c2ccccc2)=N1. The van der Waals surface area contributed by atoms with Gasteiger partial charge in [0.05, 0.1) is 11.5 Å². The van der Waals surface area contributed by atoms with Crippen molar-refractivity contribution in [3.8, 4) is 0 Å². The molecule has 0 aromatic heterocycles. The zero-order valence-corrected chi connectivity index (χ0v) is 12.8. The molecule has 1 aliphatic rings. The predicted molar refractivity (Wildman–Crippen MR) is 83.7 cm³/mol. The topological polar surface area (TPSA) is 78.8 Å². The van der Waals surface area contributed by atoms with Gasteiger partial charge in [-0.3, -0.25) is 14.6 Å². The third-order valence-corrected chi connectivity index (χ3v) is 4.13. The van der Waals surface area contributed by atoms with Gasteiger partial charge in [-0.2, -0.15) is 0 Å². The monoisotopic (exact) mass is 306 g/mol. The lowest BCUT2D eigenvalue weighted by Crippen LogP contribution is -2.48. The minimum atomic E-state index is -0.936. The first-order valence-corrected chi connectivity index (χ1v) is 7.66. The zero-order chi connectivity index (χ0) is 15.5. The number of hydrogen-bond donors (Lipinski definition) is 2. The van der Waals surface area contributed by atoms with Gasteiger partial charge in [0, 0.05) is 16.9 Å². The number of carboxylic acid groups (broad SMARTS) is 1. The lowest BCUT2D eigenvalue weighted by molar-refractivity contribution is -0.138. The summed E-state index contributed by atoms with van der Waals surface area (Å²) in [6, 6.07) is 9.26. The molecule has 1 aliphatic heterocycles. The van der Waals surface area contributed by atoms with Crippen molar-refractivity contribution >= 4 is 28.7 Å². The molecular weight excluding hydrogens is 288 g/mol.